The first-order chi connectivity index (χ1) is 52.0. The number of rotatable bonds is 11. The minimum absolute atomic E-state index is 0. The first-order valence-electron chi connectivity index (χ1n) is 31.0. The van der Waals surface area contributed by atoms with Crippen LogP contribution in [-0.2, 0) is 41.5 Å². The van der Waals surface area contributed by atoms with Crippen LogP contribution in [0.25, 0.3) is 44.4 Å². The normalized spacial score (nSPS) is 9.82. The number of nitrogens with one attached hydrogen (secondary N) is 4. The van der Waals surface area contributed by atoms with Crippen molar-refractivity contribution in [2.24, 2.45) is 11.5 Å². The Bertz CT molecular complexity index is 5360. The van der Waals surface area contributed by atoms with Crippen LogP contribution in [0.5, 0.6) is 40.2 Å². The van der Waals surface area contributed by atoms with E-state index in [-0.39, 0.29) is 165 Å². The Balaban J connectivity index is 0.000000450. The number of pyridine rings is 2. The molecule has 6 aromatic heterocycles. The van der Waals surface area contributed by atoms with Crippen LogP contribution in [0.15, 0.2) is 218 Å². The summed E-state index contributed by atoms with van der Waals surface area (Å²) in [5.74, 6) is 0.603. The van der Waals surface area contributed by atoms with E-state index in [0.29, 0.717) is 106 Å². The summed E-state index contributed by atoms with van der Waals surface area (Å²) in [6.45, 7) is 3.25. The molecule has 0 saturated heterocycles. The van der Waals surface area contributed by atoms with Crippen molar-refractivity contribution in [3.8, 4) is 40.2 Å². The maximum atomic E-state index is 11.7. The van der Waals surface area contributed by atoms with Crippen LogP contribution in [0.1, 0.15) is 46.0 Å². The number of halogens is 8. The van der Waals surface area contributed by atoms with Gasteiger partial charge in [-0.2, -0.15) is 19.1 Å². The maximum absolute atomic E-state index is 11.7. The molecular weight excluding hydrogens is 1720 g/mol. The average Bonchev–Trinajstić information content (AvgIpc) is 1.65. The van der Waals surface area contributed by atoms with Gasteiger partial charge in [0.05, 0.1) is 19.7 Å². The van der Waals surface area contributed by atoms with Gasteiger partial charge in [-0.15, -0.1) is 0 Å². The fourth-order valence-electron chi connectivity index (χ4n) is 8.08. The van der Waals surface area contributed by atoms with E-state index in [4.69, 9.17) is 136 Å². The number of carbonyl (C=O) groups excluding carboxylic acids is 2. The number of aromatic amines is 1. The molecule has 0 radical (unpaired) electrons. The summed E-state index contributed by atoms with van der Waals surface area (Å²) in [5, 5.41) is 56.3. The number of H-pyrrole nitrogens is 1. The van der Waals surface area contributed by atoms with E-state index in [1.54, 1.807) is 80.7 Å². The number of hydrogen-bond donors (Lipinski definition) is 12. The van der Waals surface area contributed by atoms with E-state index in [0.717, 1.165) is 27.2 Å². The van der Waals surface area contributed by atoms with Gasteiger partial charge in [-0.1, -0.05) is 108 Å². The van der Waals surface area contributed by atoms with Crippen LogP contribution in [0.2, 0.25) is 25.4 Å². The summed E-state index contributed by atoms with van der Waals surface area (Å²) in [6.07, 6.45) is 2.95. The number of ether oxygens (including phenoxy) is 1. The molecule has 0 aliphatic rings. The molecule has 8 aromatic carbocycles. The van der Waals surface area contributed by atoms with E-state index in [1.807, 2.05) is 72.8 Å². The number of nitrogen functional groups attached to an aromatic ring is 1. The summed E-state index contributed by atoms with van der Waals surface area (Å²) >= 11 is 42.5. The molecule has 16 N–H and O–H groups in total. The second kappa shape index (κ2) is 53.1. The summed E-state index contributed by atoms with van der Waals surface area (Å²) in [6, 6.07) is 53.4. The first-order valence-corrected chi connectivity index (χ1v) is 36.2. The van der Waals surface area contributed by atoms with Gasteiger partial charge < -0.3 is 116 Å². The monoisotopic (exact) mass is 1780 g/mol. The predicted octanol–water partition coefficient (Wildman–Crippen LogP) is 12.5. The van der Waals surface area contributed by atoms with Crippen molar-refractivity contribution in [2.45, 2.75) is 26.6 Å². The van der Waals surface area contributed by atoms with Gasteiger partial charge in [0.2, 0.25) is 9.23 Å². The fourth-order valence-corrected chi connectivity index (χ4v) is 9.23. The number of aromatic nitrogens is 6. The largest absolute Gasteiger partial charge is 1.00 e. The van der Waals surface area contributed by atoms with Crippen LogP contribution in [0.4, 0.5) is 22.1 Å². The summed E-state index contributed by atoms with van der Waals surface area (Å²) in [7, 11) is 7.91. The molecule has 0 saturated carbocycles. The summed E-state index contributed by atoms with van der Waals surface area (Å²) in [5.41, 5.74) is 24.2. The Labute approximate surface area is 772 Å². The van der Waals surface area contributed by atoms with Crippen molar-refractivity contribution >= 4 is 204 Å². The van der Waals surface area contributed by atoms with Gasteiger partial charge in [0, 0.05) is 117 Å². The van der Waals surface area contributed by atoms with Gasteiger partial charge in [-0.3, -0.25) is 23.9 Å². The molecule has 0 bridgehead atoms. The minimum atomic E-state index is -1.67. The van der Waals surface area contributed by atoms with Crippen LogP contribution in [0.3, 0.4) is 0 Å². The summed E-state index contributed by atoms with van der Waals surface area (Å²) < 4.78 is 52.2. The Morgan fingerprint density at radius 3 is 1.50 bits per heavy atom. The third-order valence-corrected chi connectivity index (χ3v) is 14.5. The van der Waals surface area contributed by atoms with Crippen molar-refractivity contribution in [2.75, 3.05) is 30.6 Å². The van der Waals surface area contributed by atoms with E-state index < -0.39 is 22.3 Å². The molecule has 0 fully saturated rings. The third-order valence-electron chi connectivity index (χ3n) is 12.9. The number of carbonyl (C=O) groups is 2. The van der Waals surface area contributed by atoms with Crippen LogP contribution in [0, 0.1) is 4.84 Å². The van der Waals surface area contributed by atoms with E-state index in [2.05, 4.69) is 92.1 Å². The zero-order valence-electron chi connectivity index (χ0n) is 59.5. The Kier molecular flexibility index (Phi) is 46.9. The molecule has 0 atom stereocenters. The second-order valence-electron chi connectivity index (χ2n) is 20.5. The third kappa shape index (κ3) is 36.7. The first kappa shape index (κ1) is 98.1. The van der Waals surface area contributed by atoms with Crippen molar-refractivity contribution in [1.82, 2.24) is 35.2 Å². The fraction of sp³-hybridized carbons (Fsp3) is 0.0845. The number of benzene rings is 8. The number of nitrogens with zero attached hydrogens (tertiary/aromatic N) is 5. The van der Waals surface area contributed by atoms with Gasteiger partial charge in [0.15, 0.2) is 22.3 Å². The molecule has 0 aliphatic carbocycles. The minimum Gasteiger partial charge on any atom is -0.870 e. The van der Waals surface area contributed by atoms with Crippen LogP contribution in [-0.4, -0.2) is 95.3 Å². The number of thiocarbonyl (C=S) groups is 1. The van der Waals surface area contributed by atoms with Crippen molar-refractivity contribution in [3.63, 3.8) is 0 Å². The number of phenolic OH excluding ortho intramolecular Hbond substituents is 5. The SMILES string of the molecule is CC(=S)[S-].CNC(=O)c1cc(Oc2ccc3nc(NCc4ccccc4Cl)oc3c2)ccn1.NC(=O)c1cc(Cl)ccn1.NCc1ccccc1Cl.Nc1ccc(O)cc1O.O=S(Cl)Cl.Oc1ccc2[nH]c(=S)oc2c1.Oc1ccc2nc(Cl)oc2c1.Oc1ccc2nc(NCc3ccccc3Cl)oc2c1.[2H]CF.[K+].[K+].[OH-]. The van der Waals surface area contributed by atoms with E-state index in [1.165, 1.54) is 60.9 Å². The Morgan fingerprint density at radius 1 is 0.613 bits per heavy atom. The molecule has 26 nitrogen and oxygen atoms in total. The van der Waals surface area contributed by atoms with Gasteiger partial charge in [0.1, 0.15) is 68.2 Å². The number of aromatic hydroxyl groups is 5. The molecule has 0 unspecified atom stereocenters. The number of hydrogen-bond acceptors (Lipinski definition) is 26. The quantitative estimate of drug-likeness (QED) is 0.0109. The number of fused-ring (bicyclic) bond motifs is 4. The molecule has 14 rings (SSSR count). The van der Waals surface area contributed by atoms with E-state index >= 15 is 0 Å². The smallest absolute Gasteiger partial charge is 0.870 e. The number of nitrogens with two attached hydrogens (primary N) is 3. The topological polar surface area (TPSA) is 439 Å². The predicted molar refractivity (Wildman–Crippen MR) is 434 cm³/mol. The molecule has 574 valence electrons. The molecular formula is C71H64Cl7FK2N12O14S4. The van der Waals surface area contributed by atoms with Crippen molar-refractivity contribution < 1.29 is 176 Å². The van der Waals surface area contributed by atoms with Gasteiger partial charge in [0.25, 0.3) is 34.0 Å². The second-order valence-corrected chi connectivity index (χ2v) is 26.9. The molecule has 6 heterocycles. The molecule has 0 aliphatic heterocycles. The zero-order chi connectivity index (χ0) is 80.1. The Morgan fingerprint density at radius 2 is 1.04 bits per heavy atom. The van der Waals surface area contributed by atoms with E-state index in [9.17, 15) is 19.1 Å². The number of phenols is 5. The maximum Gasteiger partial charge on any atom is 1.00 e. The Hall–Kier alpha value is -7.09. The average molecular weight is 1780 g/mol. The van der Waals surface area contributed by atoms with Gasteiger partial charge in [-0.25, -0.2) is 4.21 Å². The number of anilines is 3. The number of alkyl halides is 1. The number of primary amides is 1. The molecule has 0 spiro atoms. The molecule has 2 amide bonds. The zero-order valence-corrected chi connectivity index (χ0v) is 73.3. The molecule has 40 heteroatoms. The van der Waals surface area contributed by atoms with Gasteiger partial charge >= 0.3 is 103 Å². The van der Waals surface area contributed by atoms with Crippen LogP contribution >= 0.6 is 104 Å². The van der Waals surface area contributed by atoms with Crippen molar-refractivity contribution in [3.05, 3.63) is 259 Å². The van der Waals surface area contributed by atoms with Gasteiger partial charge in [-0.05, 0) is 138 Å². The number of oxazole rings is 4. The molecule has 111 heavy (non-hydrogen) atoms. The molecule has 14 aromatic rings. The van der Waals surface area contributed by atoms with Crippen LogP contribution < -0.4 is 141 Å². The van der Waals surface area contributed by atoms with Crippen molar-refractivity contribution in [1.29, 1.82) is 0 Å². The standard InChI is InChI=1S/C21H17ClN4O3.C14H11ClN2O2.C7H4ClNO2.C7H8ClN.C7H5NO2S.C6H5ClN2O.C6H7NO2.C2H4S2.CH3F.Cl2OS.2K.H2O/c1-23-20(27)18-10-15(8-9-24-18)28-14-6-7-17-19(11-14)29-21(26-17)25-12-13-4-2-3-5-16(13)22;15-11-4-2-1-3-9(11)8-16-14-17-12-6-5-10(18)7-13(12)19-14;8-7-9-5-2-1-4(10)3-6(5)11-7;8-7-4-2-1-3-6(7)5-9;9-4-1-2-5-6(3-4)10-7(11)8-5;7-4-1-2-9-5(3-4)6(8)10;7-5-2-1-4(8)3-6(5)9;1-2(3)4;1-2;1-4(2)3;;;/h2-11H,12H2,1H3,(H,23,27)(H,25,26);1-7,18H,8H2,(H,16,17);1-3,10H;1-4H,5,9H2;1-3,9H,(H,8,11);1-3H,(H2,8,10);1-3,8-9H,7H2;1H3,(H,3,4);1H3;;;;1H2/q;;;;;;;;;;2*+1;/p-2/i;;;;;;;;1D;;;;. The number of amides is 2. The summed E-state index contributed by atoms with van der Waals surface area (Å²) in [4.78, 5) is 45.5.